The van der Waals surface area contributed by atoms with Gasteiger partial charge in [0.05, 0.1) is 29.1 Å². The molecule has 1 atom stereocenters. The zero-order chi connectivity index (χ0) is 24.5. The molecule has 0 radical (unpaired) electrons. The fraction of sp³-hybridized carbons (Fsp3) is 0.174. The zero-order valence-electron chi connectivity index (χ0n) is 18.1. The van der Waals surface area contributed by atoms with Crippen LogP contribution in [0, 0.1) is 6.92 Å². The van der Waals surface area contributed by atoms with E-state index in [9.17, 15) is 18.0 Å². The molecule has 0 fully saturated rings. The number of nitrogens with one attached hydrogen (secondary N) is 1. The summed E-state index contributed by atoms with van der Waals surface area (Å²) in [5.41, 5.74) is 1.98. The molecule has 11 heteroatoms. The first-order valence-electron chi connectivity index (χ1n) is 10.1. The first kappa shape index (κ1) is 22.9. The summed E-state index contributed by atoms with van der Waals surface area (Å²) in [7, 11) is 0. The number of hydrogen-bond donors (Lipinski definition) is 2. The number of carbonyl (C=O) groups is 1. The summed E-state index contributed by atoms with van der Waals surface area (Å²) in [6.07, 6.45) is -1.70. The topological polar surface area (TPSA) is 106 Å². The van der Waals surface area contributed by atoms with E-state index < -0.39 is 17.7 Å². The first-order chi connectivity index (χ1) is 16.1. The number of pyridine rings is 2. The van der Waals surface area contributed by atoms with Crippen molar-refractivity contribution in [1.82, 2.24) is 25.0 Å². The van der Waals surface area contributed by atoms with Crippen LogP contribution >= 0.6 is 0 Å². The van der Waals surface area contributed by atoms with Gasteiger partial charge in [-0.2, -0.15) is 13.2 Å². The minimum Gasteiger partial charge on any atom is -0.478 e. The average Bonchev–Trinajstić information content (AvgIpc) is 3.28. The van der Waals surface area contributed by atoms with Crippen molar-refractivity contribution in [2.24, 2.45) is 0 Å². The van der Waals surface area contributed by atoms with E-state index >= 15 is 0 Å². The molecular weight excluding hydrogens is 449 g/mol. The largest absolute Gasteiger partial charge is 0.478 e. The molecule has 2 N–H and O–H groups in total. The molecule has 0 saturated carbocycles. The minimum absolute atomic E-state index is 0.0148. The first-order valence-corrected chi connectivity index (χ1v) is 10.1. The molecule has 4 rings (SSSR count). The molecule has 0 spiro atoms. The Kier molecular flexibility index (Phi) is 6.01. The van der Waals surface area contributed by atoms with Crippen LogP contribution in [0.5, 0.6) is 0 Å². The number of benzene rings is 1. The third-order valence-corrected chi connectivity index (χ3v) is 5.12. The highest BCUT2D eigenvalue weighted by Crippen LogP contribution is 2.31. The van der Waals surface area contributed by atoms with Crippen molar-refractivity contribution in [2.75, 3.05) is 5.32 Å². The number of hydrogen-bond acceptors (Lipinski definition) is 6. The van der Waals surface area contributed by atoms with Crippen molar-refractivity contribution in [3.05, 3.63) is 83.2 Å². The van der Waals surface area contributed by atoms with Crippen LogP contribution in [0.2, 0.25) is 0 Å². The molecule has 0 amide bonds. The summed E-state index contributed by atoms with van der Waals surface area (Å²) in [6.45, 7) is 3.72. The Morgan fingerprint density at radius 2 is 1.79 bits per heavy atom. The standard InChI is InChI=1S/C23H19F3N6O2/c1-13-9-18(28-21(10-13)29-20-11-17(7-8-27-20)23(24,25)26)19-12-32(31-30-19)14(2)15-3-5-16(6-4-15)22(33)34/h3-12,14H,1-2H3,(H,33,34)(H,27,28,29)/t14-/m0/s1. The van der Waals surface area contributed by atoms with E-state index in [0.717, 1.165) is 29.5 Å². The minimum atomic E-state index is -4.48. The lowest BCUT2D eigenvalue weighted by Gasteiger charge is -2.12. The summed E-state index contributed by atoms with van der Waals surface area (Å²) in [6, 6.07) is 11.5. The highest BCUT2D eigenvalue weighted by Gasteiger charge is 2.30. The summed E-state index contributed by atoms with van der Waals surface area (Å²) in [4.78, 5) is 19.4. The third-order valence-electron chi connectivity index (χ3n) is 5.12. The van der Waals surface area contributed by atoms with Crippen LogP contribution in [0.15, 0.2) is 60.9 Å². The monoisotopic (exact) mass is 468 g/mol. The molecule has 8 nitrogen and oxygen atoms in total. The summed E-state index contributed by atoms with van der Waals surface area (Å²) in [5, 5.41) is 20.2. The van der Waals surface area contributed by atoms with E-state index in [1.165, 1.54) is 12.1 Å². The lowest BCUT2D eigenvalue weighted by atomic mass is 10.1. The SMILES string of the molecule is Cc1cc(Nc2cc(C(F)(F)F)ccn2)nc(-c2cn([C@@H](C)c3ccc(C(=O)O)cc3)nn2)c1. The van der Waals surface area contributed by atoms with Gasteiger partial charge >= 0.3 is 12.1 Å². The lowest BCUT2D eigenvalue weighted by Crippen LogP contribution is -2.08. The van der Waals surface area contributed by atoms with Gasteiger partial charge in [-0.3, -0.25) is 0 Å². The molecule has 4 aromatic rings. The number of aryl methyl sites for hydroxylation is 1. The van der Waals surface area contributed by atoms with E-state index in [-0.39, 0.29) is 17.4 Å². The zero-order valence-corrected chi connectivity index (χ0v) is 18.1. The van der Waals surface area contributed by atoms with Crippen molar-refractivity contribution in [1.29, 1.82) is 0 Å². The number of rotatable bonds is 6. The second-order valence-corrected chi connectivity index (χ2v) is 7.65. The van der Waals surface area contributed by atoms with Crippen molar-refractivity contribution < 1.29 is 23.1 Å². The molecule has 0 aliphatic carbocycles. The van der Waals surface area contributed by atoms with Crippen molar-refractivity contribution in [2.45, 2.75) is 26.1 Å². The molecule has 3 aromatic heterocycles. The second-order valence-electron chi connectivity index (χ2n) is 7.65. The van der Waals surface area contributed by atoms with Crippen LogP contribution in [0.4, 0.5) is 24.8 Å². The number of halogens is 3. The maximum absolute atomic E-state index is 13.0. The number of aromatic carboxylic acids is 1. The van der Waals surface area contributed by atoms with Gasteiger partial charge in [0.15, 0.2) is 0 Å². The molecule has 0 aliphatic heterocycles. The van der Waals surface area contributed by atoms with Gasteiger partial charge in [0.1, 0.15) is 17.3 Å². The molecule has 0 bridgehead atoms. The molecule has 0 aliphatic rings. The number of aromatic nitrogens is 5. The smallest absolute Gasteiger partial charge is 0.416 e. The fourth-order valence-electron chi connectivity index (χ4n) is 3.31. The fourth-order valence-corrected chi connectivity index (χ4v) is 3.31. The molecule has 0 saturated heterocycles. The van der Waals surface area contributed by atoms with Gasteiger partial charge in [0.25, 0.3) is 0 Å². The van der Waals surface area contributed by atoms with E-state index in [2.05, 4.69) is 25.6 Å². The summed E-state index contributed by atoms with van der Waals surface area (Å²) < 4.78 is 40.6. The summed E-state index contributed by atoms with van der Waals surface area (Å²) >= 11 is 0. The van der Waals surface area contributed by atoms with Crippen molar-refractivity contribution in [3.63, 3.8) is 0 Å². The van der Waals surface area contributed by atoms with Crippen LogP contribution in [0.3, 0.4) is 0 Å². The average molecular weight is 468 g/mol. The van der Waals surface area contributed by atoms with Crippen LogP contribution in [-0.4, -0.2) is 36.0 Å². The van der Waals surface area contributed by atoms with Crippen molar-refractivity contribution in [3.8, 4) is 11.4 Å². The van der Waals surface area contributed by atoms with E-state index in [4.69, 9.17) is 5.11 Å². The number of alkyl halides is 3. The summed E-state index contributed by atoms with van der Waals surface area (Å²) in [5.74, 6) is -0.674. The van der Waals surface area contributed by atoms with Gasteiger partial charge in [-0.05, 0) is 61.4 Å². The maximum atomic E-state index is 13.0. The van der Waals surface area contributed by atoms with Crippen LogP contribution in [-0.2, 0) is 6.18 Å². The van der Waals surface area contributed by atoms with Crippen LogP contribution in [0.25, 0.3) is 11.4 Å². The van der Waals surface area contributed by atoms with E-state index in [1.54, 1.807) is 35.1 Å². The Labute approximate surface area is 192 Å². The number of nitrogens with zero attached hydrogens (tertiary/aromatic N) is 5. The number of anilines is 2. The van der Waals surface area contributed by atoms with Gasteiger partial charge in [0.2, 0.25) is 0 Å². The third kappa shape index (κ3) is 5.03. The van der Waals surface area contributed by atoms with Gasteiger partial charge in [-0.25, -0.2) is 19.4 Å². The molecular formula is C23H19F3N6O2. The van der Waals surface area contributed by atoms with Crippen LogP contribution < -0.4 is 5.32 Å². The number of carboxylic acid groups (broad SMARTS) is 1. The van der Waals surface area contributed by atoms with Crippen LogP contribution in [0.1, 0.15) is 40.0 Å². The van der Waals surface area contributed by atoms with Gasteiger partial charge in [-0.1, -0.05) is 17.3 Å². The second kappa shape index (κ2) is 8.93. The van der Waals surface area contributed by atoms with Crippen molar-refractivity contribution >= 4 is 17.6 Å². The highest BCUT2D eigenvalue weighted by atomic mass is 19.4. The lowest BCUT2D eigenvalue weighted by molar-refractivity contribution is -0.137. The van der Waals surface area contributed by atoms with Gasteiger partial charge in [-0.15, -0.1) is 5.10 Å². The Balaban J connectivity index is 1.57. The number of carboxylic acids is 1. The van der Waals surface area contributed by atoms with Gasteiger partial charge in [0, 0.05) is 6.20 Å². The predicted molar refractivity (Wildman–Crippen MR) is 118 cm³/mol. The Morgan fingerprint density at radius 1 is 1.06 bits per heavy atom. The molecule has 1 aromatic carbocycles. The Hall–Kier alpha value is -4.28. The highest BCUT2D eigenvalue weighted by molar-refractivity contribution is 5.87. The quantitative estimate of drug-likeness (QED) is 0.405. The maximum Gasteiger partial charge on any atom is 0.416 e. The Morgan fingerprint density at radius 3 is 2.47 bits per heavy atom. The van der Waals surface area contributed by atoms with E-state index in [1.807, 2.05) is 13.8 Å². The molecule has 0 unspecified atom stereocenters. The Bertz CT molecular complexity index is 1340. The normalized spacial score (nSPS) is 12.4. The van der Waals surface area contributed by atoms with E-state index in [0.29, 0.717) is 17.2 Å². The molecule has 34 heavy (non-hydrogen) atoms. The molecule has 174 valence electrons. The van der Waals surface area contributed by atoms with Gasteiger partial charge < -0.3 is 10.4 Å². The predicted octanol–water partition coefficient (Wildman–Crippen LogP) is 5.11. The molecule has 3 heterocycles.